The minimum atomic E-state index is -0.181. The number of amides is 1. The summed E-state index contributed by atoms with van der Waals surface area (Å²) in [5.41, 5.74) is 2.95. The van der Waals surface area contributed by atoms with Crippen molar-refractivity contribution in [3.05, 3.63) is 89.8 Å². The molecule has 4 rings (SSSR count). The van der Waals surface area contributed by atoms with Gasteiger partial charge >= 0.3 is 0 Å². The minimum absolute atomic E-state index is 0.0559. The van der Waals surface area contributed by atoms with Crippen LogP contribution in [0.4, 0.5) is 4.39 Å². The molecule has 1 amide bonds. The van der Waals surface area contributed by atoms with Gasteiger partial charge in [-0.25, -0.2) is 9.37 Å². The Bertz CT molecular complexity index is 973. The number of nitrogens with one attached hydrogen (secondary N) is 1. The van der Waals surface area contributed by atoms with Gasteiger partial charge in [0.2, 0.25) is 5.91 Å². The maximum Gasteiger partial charge on any atom is 0.224 e. The number of carbonyl (C=O) groups excluding carboxylic acids is 1. The van der Waals surface area contributed by atoms with E-state index in [1.165, 1.54) is 11.6 Å². The highest BCUT2D eigenvalue weighted by molar-refractivity contribution is 5.79. The lowest BCUT2D eigenvalue weighted by Crippen LogP contribution is -2.42. The van der Waals surface area contributed by atoms with Crippen LogP contribution < -0.4 is 5.32 Å². The summed E-state index contributed by atoms with van der Waals surface area (Å²) < 4.78 is 16.0. The monoisotopic (exact) mass is 406 g/mol. The molecule has 0 spiro atoms. The molecular formula is C24H27FN4O. The Kier molecular flexibility index (Phi) is 6.54. The van der Waals surface area contributed by atoms with E-state index in [9.17, 15) is 9.18 Å². The number of aromatic nitrogens is 2. The highest BCUT2D eigenvalue weighted by atomic mass is 19.1. The Balaban J connectivity index is 1.30. The molecule has 1 unspecified atom stereocenters. The first-order valence-electron chi connectivity index (χ1n) is 10.4. The van der Waals surface area contributed by atoms with Gasteiger partial charge < -0.3 is 9.88 Å². The molecule has 0 saturated carbocycles. The van der Waals surface area contributed by atoms with Gasteiger partial charge in [-0.05, 0) is 36.6 Å². The number of benzene rings is 2. The normalized spacial score (nSPS) is 17.0. The Labute approximate surface area is 176 Å². The van der Waals surface area contributed by atoms with E-state index < -0.39 is 0 Å². The van der Waals surface area contributed by atoms with Gasteiger partial charge in [0, 0.05) is 44.1 Å². The number of hydrogen-bond donors (Lipinski definition) is 1. The molecule has 156 valence electrons. The SMILES string of the molecule is O=C(NCc1cccc(Cn2ccnc2)c1)C1CCCN(Cc2ccccc2F)C1. The topological polar surface area (TPSA) is 50.2 Å². The third-order valence-electron chi connectivity index (χ3n) is 5.61. The highest BCUT2D eigenvalue weighted by Gasteiger charge is 2.26. The van der Waals surface area contributed by atoms with Crippen LogP contribution >= 0.6 is 0 Å². The fourth-order valence-electron chi connectivity index (χ4n) is 4.04. The predicted molar refractivity (Wildman–Crippen MR) is 114 cm³/mol. The zero-order chi connectivity index (χ0) is 20.8. The van der Waals surface area contributed by atoms with Crippen LogP contribution in [0.3, 0.4) is 0 Å². The molecule has 5 nitrogen and oxygen atoms in total. The first-order valence-corrected chi connectivity index (χ1v) is 10.4. The highest BCUT2D eigenvalue weighted by Crippen LogP contribution is 2.20. The molecule has 0 aliphatic carbocycles. The van der Waals surface area contributed by atoms with Gasteiger partial charge in [-0.2, -0.15) is 0 Å². The molecule has 1 fully saturated rings. The molecule has 1 atom stereocenters. The quantitative estimate of drug-likeness (QED) is 0.652. The fourth-order valence-corrected chi connectivity index (χ4v) is 4.04. The van der Waals surface area contributed by atoms with E-state index in [2.05, 4.69) is 27.3 Å². The summed E-state index contributed by atoms with van der Waals surface area (Å²) in [6.07, 6.45) is 7.33. The molecule has 1 aliphatic heterocycles. The Morgan fingerprint density at radius 1 is 1.13 bits per heavy atom. The first kappa shape index (κ1) is 20.3. The number of halogens is 1. The molecule has 1 aliphatic rings. The molecule has 1 saturated heterocycles. The maximum absolute atomic E-state index is 13.9. The van der Waals surface area contributed by atoms with Crippen LogP contribution in [0.2, 0.25) is 0 Å². The minimum Gasteiger partial charge on any atom is -0.352 e. The fraction of sp³-hybridized carbons (Fsp3) is 0.333. The van der Waals surface area contributed by atoms with E-state index in [1.807, 2.05) is 35.0 Å². The Morgan fingerprint density at radius 3 is 2.83 bits per heavy atom. The van der Waals surface area contributed by atoms with Crippen molar-refractivity contribution in [2.45, 2.75) is 32.5 Å². The van der Waals surface area contributed by atoms with E-state index >= 15 is 0 Å². The molecule has 0 radical (unpaired) electrons. The van der Waals surface area contributed by atoms with E-state index in [0.717, 1.165) is 31.5 Å². The summed E-state index contributed by atoms with van der Waals surface area (Å²) >= 11 is 0. The van der Waals surface area contributed by atoms with Crippen molar-refractivity contribution >= 4 is 5.91 Å². The number of nitrogens with zero attached hydrogens (tertiary/aromatic N) is 3. The summed E-state index contributed by atoms with van der Waals surface area (Å²) in [5.74, 6) is -0.160. The second kappa shape index (κ2) is 9.67. The van der Waals surface area contributed by atoms with Crippen LogP contribution in [-0.2, 0) is 24.4 Å². The zero-order valence-corrected chi connectivity index (χ0v) is 17.0. The van der Waals surface area contributed by atoms with Crippen LogP contribution in [0.15, 0.2) is 67.3 Å². The van der Waals surface area contributed by atoms with Crippen molar-refractivity contribution in [1.29, 1.82) is 0 Å². The molecule has 30 heavy (non-hydrogen) atoms. The smallest absolute Gasteiger partial charge is 0.224 e. The number of rotatable bonds is 7. The number of piperidine rings is 1. The average Bonchev–Trinajstić information content (AvgIpc) is 3.27. The van der Waals surface area contributed by atoms with Crippen LogP contribution in [0.25, 0.3) is 0 Å². The number of carbonyl (C=O) groups is 1. The maximum atomic E-state index is 13.9. The second-order valence-electron chi connectivity index (χ2n) is 7.94. The van der Waals surface area contributed by atoms with Crippen molar-refractivity contribution in [3.8, 4) is 0 Å². The molecule has 6 heteroatoms. The van der Waals surface area contributed by atoms with E-state index in [-0.39, 0.29) is 17.6 Å². The predicted octanol–water partition coefficient (Wildman–Crippen LogP) is 3.60. The molecule has 1 aromatic heterocycles. The molecule has 0 bridgehead atoms. The third-order valence-corrected chi connectivity index (χ3v) is 5.61. The van der Waals surface area contributed by atoms with Gasteiger partial charge in [0.15, 0.2) is 0 Å². The number of hydrogen-bond acceptors (Lipinski definition) is 3. The Morgan fingerprint density at radius 2 is 2.00 bits per heavy atom. The van der Waals surface area contributed by atoms with E-state index in [0.29, 0.717) is 25.2 Å². The molecular weight excluding hydrogens is 379 g/mol. The largest absolute Gasteiger partial charge is 0.352 e. The van der Waals surface area contributed by atoms with E-state index in [4.69, 9.17) is 0 Å². The number of imidazole rings is 1. The van der Waals surface area contributed by atoms with Crippen molar-refractivity contribution in [2.24, 2.45) is 5.92 Å². The van der Waals surface area contributed by atoms with Crippen molar-refractivity contribution in [1.82, 2.24) is 19.8 Å². The summed E-state index contributed by atoms with van der Waals surface area (Å²) in [6.45, 7) is 3.39. The standard InChI is InChI=1S/C24H27FN4O/c25-23-9-2-1-7-21(23)16-28-11-4-8-22(17-28)24(30)27-14-19-5-3-6-20(13-19)15-29-12-10-26-18-29/h1-3,5-7,9-10,12-13,18,22H,4,8,11,14-17H2,(H,27,30). The van der Waals surface area contributed by atoms with Crippen LogP contribution in [0, 0.1) is 11.7 Å². The van der Waals surface area contributed by atoms with Gasteiger partial charge in [0.05, 0.1) is 12.2 Å². The summed E-state index contributed by atoms with van der Waals surface area (Å²) in [5, 5.41) is 3.09. The lowest BCUT2D eigenvalue weighted by atomic mass is 9.96. The average molecular weight is 407 g/mol. The first-order chi connectivity index (χ1) is 14.7. The zero-order valence-electron chi connectivity index (χ0n) is 17.0. The molecule has 1 N–H and O–H groups in total. The lowest BCUT2D eigenvalue weighted by molar-refractivity contribution is -0.126. The Hall–Kier alpha value is -2.99. The van der Waals surface area contributed by atoms with Crippen LogP contribution in [-0.4, -0.2) is 33.4 Å². The second-order valence-corrected chi connectivity index (χ2v) is 7.94. The third kappa shape index (κ3) is 5.33. The molecule has 2 heterocycles. The van der Waals surface area contributed by atoms with Crippen molar-refractivity contribution < 1.29 is 9.18 Å². The van der Waals surface area contributed by atoms with E-state index in [1.54, 1.807) is 18.6 Å². The van der Waals surface area contributed by atoms with Gasteiger partial charge in [0.25, 0.3) is 0 Å². The molecule has 2 aromatic carbocycles. The number of likely N-dealkylation sites (tertiary alicyclic amines) is 1. The molecule has 3 aromatic rings. The van der Waals surface area contributed by atoms with Crippen LogP contribution in [0.1, 0.15) is 29.5 Å². The van der Waals surface area contributed by atoms with Crippen molar-refractivity contribution in [2.75, 3.05) is 13.1 Å². The van der Waals surface area contributed by atoms with Gasteiger partial charge in [-0.1, -0.05) is 42.5 Å². The van der Waals surface area contributed by atoms with Gasteiger partial charge in [0.1, 0.15) is 5.82 Å². The van der Waals surface area contributed by atoms with Gasteiger partial charge in [-0.15, -0.1) is 0 Å². The van der Waals surface area contributed by atoms with Crippen LogP contribution in [0.5, 0.6) is 0 Å². The summed E-state index contributed by atoms with van der Waals surface area (Å²) in [6, 6.07) is 15.1. The summed E-state index contributed by atoms with van der Waals surface area (Å²) in [4.78, 5) is 19.0. The summed E-state index contributed by atoms with van der Waals surface area (Å²) in [7, 11) is 0. The van der Waals surface area contributed by atoms with Gasteiger partial charge in [-0.3, -0.25) is 9.69 Å². The lowest BCUT2D eigenvalue weighted by Gasteiger charge is -2.32. The van der Waals surface area contributed by atoms with Crippen molar-refractivity contribution in [3.63, 3.8) is 0 Å².